The van der Waals surface area contributed by atoms with Gasteiger partial charge in [-0.3, -0.25) is 4.79 Å². The highest BCUT2D eigenvalue weighted by molar-refractivity contribution is 7.99. The summed E-state index contributed by atoms with van der Waals surface area (Å²) in [5, 5.41) is 0. The van der Waals surface area contributed by atoms with E-state index < -0.39 is 6.09 Å². The van der Waals surface area contributed by atoms with Gasteiger partial charge in [0.05, 0.1) is 6.54 Å². The Labute approximate surface area is 136 Å². The molecule has 0 saturated carbocycles. The van der Waals surface area contributed by atoms with Crippen molar-refractivity contribution in [2.24, 2.45) is 5.92 Å². The standard InChI is InChI=1S/C17H23NO3S/c1-12(15(19)18-9-10-21-16(18)20)11-22-14-7-5-13(6-8-14)17(2,3)4/h5-8,12H,9-11H2,1-4H3/t12-/m0/s1. The molecule has 1 saturated heterocycles. The summed E-state index contributed by atoms with van der Waals surface area (Å²) in [6, 6.07) is 8.44. The van der Waals surface area contributed by atoms with E-state index >= 15 is 0 Å². The van der Waals surface area contributed by atoms with Gasteiger partial charge in [0.15, 0.2) is 0 Å². The summed E-state index contributed by atoms with van der Waals surface area (Å²) in [5.41, 5.74) is 1.43. The molecule has 1 atom stereocenters. The van der Waals surface area contributed by atoms with E-state index in [1.165, 1.54) is 10.5 Å². The van der Waals surface area contributed by atoms with Gasteiger partial charge in [-0.1, -0.05) is 39.8 Å². The van der Waals surface area contributed by atoms with Crippen LogP contribution in [0.3, 0.4) is 0 Å². The number of nitrogens with zero attached hydrogens (tertiary/aromatic N) is 1. The number of benzene rings is 1. The predicted molar refractivity (Wildman–Crippen MR) is 88.1 cm³/mol. The van der Waals surface area contributed by atoms with Crippen molar-refractivity contribution < 1.29 is 14.3 Å². The zero-order chi connectivity index (χ0) is 16.3. The summed E-state index contributed by atoms with van der Waals surface area (Å²) in [4.78, 5) is 25.9. The average Bonchev–Trinajstić information content (AvgIpc) is 2.89. The Morgan fingerprint density at radius 1 is 1.32 bits per heavy atom. The Hall–Kier alpha value is -1.49. The first kappa shape index (κ1) is 16.9. The van der Waals surface area contributed by atoms with Crippen LogP contribution in [-0.2, 0) is 14.9 Å². The Bertz CT molecular complexity index is 548. The largest absolute Gasteiger partial charge is 0.447 e. The van der Waals surface area contributed by atoms with E-state index in [1.54, 1.807) is 11.8 Å². The van der Waals surface area contributed by atoms with E-state index in [4.69, 9.17) is 4.74 Å². The molecule has 120 valence electrons. The van der Waals surface area contributed by atoms with Gasteiger partial charge in [0.1, 0.15) is 6.61 Å². The van der Waals surface area contributed by atoms with E-state index in [-0.39, 0.29) is 17.2 Å². The topological polar surface area (TPSA) is 46.6 Å². The highest BCUT2D eigenvalue weighted by Crippen LogP contribution is 2.27. The van der Waals surface area contributed by atoms with Crippen LogP contribution in [0.4, 0.5) is 4.79 Å². The van der Waals surface area contributed by atoms with Crippen LogP contribution in [0.1, 0.15) is 33.3 Å². The highest BCUT2D eigenvalue weighted by Gasteiger charge is 2.31. The van der Waals surface area contributed by atoms with E-state index in [9.17, 15) is 9.59 Å². The molecule has 0 aliphatic carbocycles. The lowest BCUT2D eigenvalue weighted by molar-refractivity contribution is -0.130. The number of carbonyl (C=O) groups is 2. The third-order valence-corrected chi connectivity index (χ3v) is 4.94. The van der Waals surface area contributed by atoms with E-state index in [1.807, 2.05) is 6.92 Å². The third-order valence-electron chi connectivity index (χ3n) is 3.67. The fraction of sp³-hybridized carbons (Fsp3) is 0.529. The average molecular weight is 321 g/mol. The number of hydrogen-bond acceptors (Lipinski definition) is 4. The number of hydrogen-bond donors (Lipinski definition) is 0. The molecule has 2 rings (SSSR count). The second kappa shape index (κ2) is 6.73. The molecular formula is C17H23NO3S. The molecule has 2 amide bonds. The number of imide groups is 1. The number of carbonyl (C=O) groups excluding carboxylic acids is 2. The van der Waals surface area contributed by atoms with Gasteiger partial charge in [0.25, 0.3) is 0 Å². The second-order valence-electron chi connectivity index (χ2n) is 6.59. The third kappa shape index (κ3) is 4.03. The number of ether oxygens (including phenoxy) is 1. The van der Waals surface area contributed by atoms with Gasteiger partial charge >= 0.3 is 6.09 Å². The van der Waals surface area contributed by atoms with Gasteiger partial charge in [-0.25, -0.2) is 9.69 Å². The first-order chi connectivity index (χ1) is 10.3. The first-order valence-corrected chi connectivity index (χ1v) is 8.49. The Balaban J connectivity index is 1.89. The van der Waals surface area contributed by atoms with Gasteiger partial charge in [-0.05, 0) is 23.1 Å². The summed E-state index contributed by atoms with van der Waals surface area (Å²) in [6.45, 7) is 9.08. The van der Waals surface area contributed by atoms with Gasteiger partial charge in [0, 0.05) is 16.6 Å². The lowest BCUT2D eigenvalue weighted by atomic mass is 9.87. The fourth-order valence-electron chi connectivity index (χ4n) is 2.20. The summed E-state index contributed by atoms with van der Waals surface area (Å²) in [7, 11) is 0. The van der Waals surface area contributed by atoms with Crippen molar-refractivity contribution in [3.63, 3.8) is 0 Å². The smallest absolute Gasteiger partial charge is 0.416 e. The quantitative estimate of drug-likeness (QED) is 0.794. The zero-order valence-corrected chi connectivity index (χ0v) is 14.4. The molecule has 0 radical (unpaired) electrons. The van der Waals surface area contributed by atoms with Crippen LogP contribution >= 0.6 is 11.8 Å². The molecule has 1 fully saturated rings. The molecule has 0 bridgehead atoms. The van der Waals surface area contributed by atoms with Crippen LogP contribution in [0.5, 0.6) is 0 Å². The molecule has 0 aromatic heterocycles. The van der Waals surface area contributed by atoms with Gasteiger partial charge in [-0.15, -0.1) is 11.8 Å². The van der Waals surface area contributed by atoms with Crippen LogP contribution in [0.15, 0.2) is 29.2 Å². The zero-order valence-electron chi connectivity index (χ0n) is 13.6. The monoisotopic (exact) mass is 321 g/mol. The highest BCUT2D eigenvalue weighted by atomic mass is 32.2. The van der Waals surface area contributed by atoms with Crippen LogP contribution in [-0.4, -0.2) is 35.8 Å². The van der Waals surface area contributed by atoms with Crippen molar-refractivity contribution >= 4 is 23.8 Å². The SMILES string of the molecule is C[C@@H](CSc1ccc(C(C)(C)C)cc1)C(=O)N1CCOC1=O. The maximum Gasteiger partial charge on any atom is 0.416 e. The molecule has 1 aromatic rings. The predicted octanol–water partition coefficient (Wildman–Crippen LogP) is 3.69. The molecular weight excluding hydrogens is 298 g/mol. The number of rotatable bonds is 4. The Morgan fingerprint density at radius 3 is 2.45 bits per heavy atom. The molecule has 4 nitrogen and oxygen atoms in total. The first-order valence-electron chi connectivity index (χ1n) is 7.50. The molecule has 0 N–H and O–H groups in total. The van der Waals surface area contributed by atoms with Crippen molar-refractivity contribution in [2.75, 3.05) is 18.9 Å². The summed E-state index contributed by atoms with van der Waals surface area (Å²) >= 11 is 1.64. The molecule has 0 unspecified atom stereocenters. The number of cyclic esters (lactones) is 1. The summed E-state index contributed by atoms with van der Waals surface area (Å²) < 4.78 is 4.80. The van der Waals surface area contributed by atoms with Crippen LogP contribution in [0, 0.1) is 5.92 Å². The van der Waals surface area contributed by atoms with E-state index in [0.29, 0.717) is 18.9 Å². The van der Waals surface area contributed by atoms with Crippen LogP contribution in [0.25, 0.3) is 0 Å². The van der Waals surface area contributed by atoms with Gasteiger partial charge in [0.2, 0.25) is 5.91 Å². The fourth-order valence-corrected chi connectivity index (χ4v) is 3.12. The van der Waals surface area contributed by atoms with Crippen molar-refractivity contribution in [2.45, 2.75) is 38.0 Å². The second-order valence-corrected chi connectivity index (χ2v) is 7.68. The minimum atomic E-state index is -0.517. The van der Waals surface area contributed by atoms with Crippen LogP contribution < -0.4 is 0 Å². The molecule has 0 spiro atoms. The summed E-state index contributed by atoms with van der Waals surface area (Å²) in [5.74, 6) is 0.288. The van der Waals surface area contributed by atoms with Crippen molar-refractivity contribution in [1.29, 1.82) is 0 Å². The maximum absolute atomic E-state index is 12.2. The van der Waals surface area contributed by atoms with E-state index in [2.05, 4.69) is 45.0 Å². The Morgan fingerprint density at radius 2 is 1.95 bits per heavy atom. The van der Waals surface area contributed by atoms with Crippen molar-refractivity contribution in [1.82, 2.24) is 4.90 Å². The summed E-state index contributed by atoms with van der Waals surface area (Å²) in [6.07, 6.45) is -0.517. The minimum Gasteiger partial charge on any atom is -0.447 e. The lowest BCUT2D eigenvalue weighted by Crippen LogP contribution is -2.36. The van der Waals surface area contributed by atoms with Crippen LogP contribution in [0.2, 0.25) is 0 Å². The van der Waals surface area contributed by atoms with Crippen molar-refractivity contribution in [3.05, 3.63) is 29.8 Å². The van der Waals surface area contributed by atoms with Gasteiger partial charge < -0.3 is 4.74 Å². The van der Waals surface area contributed by atoms with E-state index in [0.717, 1.165) is 4.90 Å². The molecule has 22 heavy (non-hydrogen) atoms. The molecule has 5 heteroatoms. The maximum atomic E-state index is 12.2. The molecule has 1 aliphatic rings. The molecule has 1 heterocycles. The molecule has 1 aromatic carbocycles. The van der Waals surface area contributed by atoms with Gasteiger partial charge in [-0.2, -0.15) is 0 Å². The molecule has 1 aliphatic heterocycles. The Kier molecular flexibility index (Phi) is 5.16. The number of thioether (sulfide) groups is 1. The normalized spacial score (nSPS) is 16.5. The minimum absolute atomic E-state index is 0.141. The lowest BCUT2D eigenvalue weighted by Gasteiger charge is -2.19. The number of amides is 2. The van der Waals surface area contributed by atoms with Crippen molar-refractivity contribution in [3.8, 4) is 0 Å².